The first-order chi connectivity index (χ1) is 9.78. The van der Waals surface area contributed by atoms with Crippen LogP contribution in [0.1, 0.15) is 35.4 Å². The van der Waals surface area contributed by atoms with E-state index < -0.39 is 6.10 Å². The molecule has 5 nitrogen and oxygen atoms in total. The highest BCUT2D eigenvalue weighted by molar-refractivity contribution is 7.15. The second kappa shape index (κ2) is 5.68. The Kier molecular flexibility index (Phi) is 3.75. The molecule has 104 valence electrons. The summed E-state index contributed by atoms with van der Waals surface area (Å²) in [6.07, 6.45) is 1.71. The summed E-state index contributed by atoms with van der Waals surface area (Å²) >= 11 is 1.45. The zero-order chi connectivity index (χ0) is 13.9. The Labute approximate surface area is 121 Å². The van der Waals surface area contributed by atoms with Gasteiger partial charge in [-0.3, -0.25) is 10.1 Å². The normalized spacial score (nSPS) is 15.8. The SMILES string of the molecule is CO[C@H](C(=O)Nc1nnc(C2CC2)s1)c1ccccc1. The van der Waals surface area contributed by atoms with Crippen LogP contribution in [0, 0.1) is 0 Å². The maximum absolute atomic E-state index is 12.2. The monoisotopic (exact) mass is 289 g/mol. The van der Waals surface area contributed by atoms with Crippen molar-refractivity contribution in [3.63, 3.8) is 0 Å². The second-order valence-corrected chi connectivity index (χ2v) is 5.74. The van der Waals surface area contributed by atoms with Gasteiger partial charge in [-0.25, -0.2) is 0 Å². The maximum atomic E-state index is 12.2. The molecule has 1 aliphatic carbocycles. The molecule has 3 rings (SSSR count). The van der Waals surface area contributed by atoms with Crippen LogP contribution < -0.4 is 5.32 Å². The van der Waals surface area contributed by atoms with E-state index in [1.807, 2.05) is 30.3 Å². The van der Waals surface area contributed by atoms with Gasteiger partial charge in [-0.1, -0.05) is 41.7 Å². The molecule has 2 aromatic rings. The molecule has 0 saturated heterocycles. The van der Waals surface area contributed by atoms with Crippen LogP contribution in [-0.4, -0.2) is 23.2 Å². The van der Waals surface area contributed by atoms with E-state index in [0.717, 1.165) is 10.6 Å². The molecule has 1 amide bonds. The number of carbonyl (C=O) groups excluding carboxylic acids is 1. The van der Waals surface area contributed by atoms with Gasteiger partial charge < -0.3 is 4.74 Å². The lowest BCUT2D eigenvalue weighted by atomic mass is 10.1. The largest absolute Gasteiger partial charge is 0.367 e. The van der Waals surface area contributed by atoms with Gasteiger partial charge in [-0.2, -0.15) is 0 Å². The van der Waals surface area contributed by atoms with Crippen LogP contribution in [0.15, 0.2) is 30.3 Å². The minimum Gasteiger partial charge on any atom is -0.367 e. The van der Waals surface area contributed by atoms with E-state index >= 15 is 0 Å². The van der Waals surface area contributed by atoms with Crippen LogP contribution in [0.4, 0.5) is 5.13 Å². The maximum Gasteiger partial charge on any atom is 0.259 e. The first kappa shape index (κ1) is 13.2. The van der Waals surface area contributed by atoms with Crippen LogP contribution in [0.2, 0.25) is 0 Å². The van der Waals surface area contributed by atoms with Crippen molar-refractivity contribution in [2.45, 2.75) is 24.9 Å². The average molecular weight is 289 g/mol. The standard InChI is InChI=1S/C14H15N3O2S/c1-19-11(9-5-3-2-4-6-9)12(18)15-14-17-16-13(20-14)10-7-8-10/h2-6,10-11H,7-8H2,1H3,(H,15,17,18)/t11-/m0/s1. The average Bonchev–Trinajstić information content (AvgIpc) is 3.22. The van der Waals surface area contributed by atoms with Crippen LogP contribution in [0.25, 0.3) is 0 Å². The van der Waals surface area contributed by atoms with Gasteiger partial charge in [0.05, 0.1) is 0 Å². The van der Waals surface area contributed by atoms with Gasteiger partial charge in [0.2, 0.25) is 5.13 Å². The smallest absolute Gasteiger partial charge is 0.259 e. The molecule has 1 aliphatic rings. The van der Waals surface area contributed by atoms with Gasteiger partial charge in [-0.05, 0) is 18.4 Å². The molecule has 0 spiro atoms. The highest BCUT2D eigenvalue weighted by Crippen LogP contribution is 2.42. The minimum atomic E-state index is -0.635. The number of anilines is 1. The highest BCUT2D eigenvalue weighted by Gasteiger charge is 2.28. The minimum absolute atomic E-state index is 0.225. The number of methoxy groups -OCH3 is 1. The quantitative estimate of drug-likeness (QED) is 0.919. The van der Waals surface area contributed by atoms with Gasteiger partial charge in [0.15, 0.2) is 6.10 Å². The van der Waals surface area contributed by atoms with E-state index in [9.17, 15) is 4.79 Å². The summed E-state index contributed by atoms with van der Waals surface area (Å²) in [7, 11) is 1.52. The number of nitrogens with one attached hydrogen (secondary N) is 1. The molecule has 1 atom stereocenters. The lowest BCUT2D eigenvalue weighted by Crippen LogP contribution is -2.22. The summed E-state index contributed by atoms with van der Waals surface area (Å²) in [4.78, 5) is 12.2. The molecule has 1 N–H and O–H groups in total. The molecule has 6 heteroatoms. The van der Waals surface area contributed by atoms with E-state index in [1.165, 1.54) is 31.3 Å². The highest BCUT2D eigenvalue weighted by atomic mass is 32.1. The molecule has 0 aliphatic heterocycles. The predicted molar refractivity (Wildman–Crippen MR) is 76.7 cm³/mol. The van der Waals surface area contributed by atoms with Crippen LogP contribution in [0.5, 0.6) is 0 Å². The van der Waals surface area contributed by atoms with Crippen molar-refractivity contribution in [2.24, 2.45) is 0 Å². The van der Waals surface area contributed by atoms with Gasteiger partial charge in [-0.15, -0.1) is 10.2 Å². The van der Waals surface area contributed by atoms with Gasteiger partial charge in [0.25, 0.3) is 5.91 Å². The number of hydrogen-bond donors (Lipinski definition) is 1. The number of nitrogens with zero attached hydrogens (tertiary/aromatic N) is 2. The number of rotatable bonds is 5. The lowest BCUT2D eigenvalue weighted by molar-refractivity contribution is -0.126. The zero-order valence-electron chi connectivity index (χ0n) is 11.1. The third-order valence-electron chi connectivity index (χ3n) is 3.17. The van der Waals surface area contributed by atoms with E-state index in [0.29, 0.717) is 11.0 Å². The third-order valence-corrected chi connectivity index (χ3v) is 4.17. The molecule has 0 bridgehead atoms. The predicted octanol–water partition coefficient (Wildman–Crippen LogP) is 2.74. The summed E-state index contributed by atoms with van der Waals surface area (Å²) in [6.45, 7) is 0. The van der Waals surface area contributed by atoms with E-state index in [-0.39, 0.29) is 5.91 Å². The molecule has 0 radical (unpaired) electrons. The Morgan fingerprint density at radius 2 is 2.10 bits per heavy atom. The van der Waals surface area contributed by atoms with Crippen molar-refractivity contribution < 1.29 is 9.53 Å². The number of hydrogen-bond acceptors (Lipinski definition) is 5. The van der Waals surface area contributed by atoms with Crippen LogP contribution >= 0.6 is 11.3 Å². The molecule has 1 fully saturated rings. The lowest BCUT2D eigenvalue weighted by Gasteiger charge is -2.14. The molecule has 20 heavy (non-hydrogen) atoms. The zero-order valence-corrected chi connectivity index (χ0v) is 11.9. The Bertz CT molecular complexity index is 595. The fraction of sp³-hybridized carbons (Fsp3) is 0.357. The number of benzene rings is 1. The number of carbonyl (C=O) groups is 1. The fourth-order valence-electron chi connectivity index (χ4n) is 1.97. The molecule has 1 aromatic carbocycles. The molecule has 1 aromatic heterocycles. The Morgan fingerprint density at radius 3 is 2.75 bits per heavy atom. The summed E-state index contributed by atoms with van der Waals surface area (Å²) < 4.78 is 5.28. The van der Waals surface area contributed by atoms with Crippen molar-refractivity contribution in [2.75, 3.05) is 12.4 Å². The first-order valence-electron chi connectivity index (χ1n) is 6.50. The van der Waals surface area contributed by atoms with Crippen LogP contribution in [-0.2, 0) is 9.53 Å². The number of ether oxygens (including phenoxy) is 1. The molecule has 0 unspecified atom stereocenters. The fourth-order valence-corrected chi connectivity index (χ4v) is 2.89. The van der Waals surface area contributed by atoms with Crippen LogP contribution in [0.3, 0.4) is 0 Å². The summed E-state index contributed by atoms with van der Waals surface area (Å²) in [5.41, 5.74) is 0.819. The van der Waals surface area contributed by atoms with E-state index in [4.69, 9.17) is 4.74 Å². The summed E-state index contributed by atoms with van der Waals surface area (Å²) in [5.74, 6) is 0.322. The van der Waals surface area contributed by atoms with Crippen molar-refractivity contribution in [1.29, 1.82) is 0 Å². The topological polar surface area (TPSA) is 64.1 Å². The van der Waals surface area contributed by atoms with Crippen molar-refractivity contribution in [1.82, 2.24) is 10.2 Å². The molecule has 1 saturated carbocycles. The summed E-state index contributed by atoms with van der Waals surface area (Å²) in [6, 6.07) is 9.39. The molecular weight excluding hydrogens is 274 g/mol. The number of amides is 1. The Morgan fingerprint density at radius 1 is 1.35 bits per heavy atom. The van der Waals surface area contributed by atoms with Gasteiger partial charge in [0.1, 0.15) is 5.01 Å². The molecule has 1 heterocycles. The van der Waals surface area contributed by atoms with Crippen molar-refractivity contribution in [3.8, 4) is 0 Å². The van der Waals surface area contributed by atoms with Gasteiger partial charge in [0, 0.05) is 13.0 Å². The summed E-state index contributed by atoms with van der Waals surface area (Å²) in [5, 5.41) is 12.4. The molecular formula is C14H15N3O2S. The van der Waals surface area contributed by atoms with Crippen molar-refractivity contribution in [3.05, 3.63) is 40.9 Å². The van der Waals surface area contributed by atoms with Gasteiger partial charge >= 0.3 is 0 Å². The number of aromatic nitrogens is 2. The van der Waals surface area contributed by atoms with Crippen molar-refractivity contribution >= 4 is 22.4 Å². The Hall–Kier alpha value is -1.79. The van der Waals surface area contributed by atoms with E-state index in [1.54, 1.807) is 0 Å². The first-order valence-corrected chi connectivity index (χ1v) is 7.31. The third kappa shape index (κ3) is 2.86. The second-order valence-electron chi connectivity index (χ2n) is 4.74. The Balaban J connectivity index is 1.70. The van der Waals surface area contributed by atoms with E-state index in [2.05, 4.69) is 15.5 Å².